The molecule has 5 heteroatoms. The number of nitrogens with one attached hydrogen (secondary N) is 1. The lowest BCUT2D eigenvalue weighted by Gasteiger charge is -2.22. The summed E-state index contributed by atoms with van der Waals surface area (Å²) in [6.45, 7) is 4.77. The van der Waals surface area contributed by atoms with Crippen LogP contribution in [0.1, 0.15) is 35.7 Å². The second-order valence-electron chi connectivity index (χ2n) is 6.24. The van der Waals surface area contributed by atoms with Crippen molar-refractivity contribution < 1.29 is 14.3 Å². The van der Waals surface area contributed by atoms with Crippen LogP contribution >= 0.6 is 0 Å². The maximum Gasteiger partial charge on any atom is 0.257 e. The number of carbonyl (C=O) groups excluding carboxylic acids is 2. The van der Waals surface area contributed by atoms with E-state index in [-0.39, 0.29) is 18.4 Å². The molecule has 0 saturated heterocycles. The molecule has 2 aromatic rings. The lowest BCUT2D eigenvalue weighted by atomic mass is 9.88. The summed E-state index contributed by atoms with van der Waals surface area (Å²) in [6, 6.07) is 16.5. The van der Waals surface area contributed by atoms with E-state index in [2.05, 4.69) is 31.3 Å². The van der Waals surface area contributed by atoms with E-state index in [1.165, 1.54) is 5.56 Å². The van der Waals surface area contributed by atoms with Gasteiger partial charge in [-0.2, -0.15) is 0 Å². The third-order valence-corrected chi connectivity index (χ3v) is 4.06. The van der Waals surface area contributed by atoms with E-state index in [1.807, 2.05) is 18.2 Å². The van der Waals surface area contributed by atoms with E-state index in [1.54, 1.807) is 24.3 Å². The fourth-order valence-corrected chi connectivity index (χ4v) is 2.58. The molecule has 5 nitrogen and oxygen atoms in total. The molecule has 2 rings (SSSR count). The highest BCUT2D eigenvalue weighted by atomic mass is 16.5. The second-order valence-corrected chi connectivity index (χ2v) is 6.24. The number of hydrogen-bond donors (Lipinski definition) is 2. The van der Waals surface area contributed by atoms with Crippen LogP contribution in [0.4, 0.5) is 0 Å². The summed E-state index contributed by atoms with van der Waals surface area (Å²) in [5, 5.41) is 2.92. The minimum Gasteiger partial charge on any atom is -0.484 e. The van der Waals surface area contributed by atoms with Crippen molar-refractivity contribution in [2.24, 2.45) is 11.7 Å². The molecule has 0 saturated carbocycles. The van der Waals surface area contributed by atoms with Crippen molar-refractivity contribution in [3.05, 3.63) is 65.7 Å². The standard InChI is InChI=1S/C20H24N2O3/c1-14(2)18(15-6-4-3-5-7-15)12-22-19(23)13-25-17-10-8-16(9-11-17)20(21)24/h3-11,14,18H,12-13H2,1-2H3,(H2,21,24)(H,22,23). The molecule has 1 unspecified atom stereocenters. The highest BCUT2D eigenvalue weighted by molar-refractivity contribution is 5.92. The maximum atomic E-state index is 12.0. The molecule has 0 heterocycles. The Morgan fingerprint density at radius 1 is 1.04 bits per heavy atom. The quantitative estimate of drug-likeness (QED) is 0.775. The number of amides is 2. The average molecular weight is 340 g/mol. The van der Waals surface area contributed by atoms with Gasteiger partial charge in [0.1, 0.15) is 5.75 Å². The Bertz CT molecular complexity index is 697. The Morgan fingerprint density at radius 2 is 1.68 bits per heavy atom. The van der Waals surface area contributed by atoms with Gasteiger partial charge in [0.2, 0.25) is 5.91 Å². The van der Waals surface area contributed by atoms with Crippen LogP contribution in [-0.4, -0.2) is 25.0 Å². The van der Waals surface area contributed by atoms with E-state index in [0.29, 0.717) is 23.8 Å². The van der Waals surface area contributed by atoms with E-state index in [0.717, 1.165) is 0 Å². The molecule has 0 fully saturated rings. The predicted octanol–water partition coefficient (Wildman–Crippen LogP) is 2.72. The van der Waals surface area contributed by atoms with Crippen LogP contribution in [0.5, 0.6) is 5.75 Å². The van der Waals surface area contributed by atoms with Crippen molar-refractivity contribution in [2.45, 2.75) is 19.8 Å². The SMILES string of the molecule is CC(C)C(CNC(=O)COc1ccc(C(N)=O)cc1)c1ccccc1. The maximum absolute atomic E-state index is 12.0. The van der Waals surface area contributed by atoms with Crippen molar-refractivity contribution in [2.75, 3.05) is 13.2 Å². The number of benzene rings is 2. The molecule has 2 amide bonds. The zero-order chi connectivity index (χ0) is 18.2. The molecule has 0 aliphatic heterocycles. The molecular weight excluding hydrogens is 316 g/mol. The number of nitrogens with two attached hydrogens (primary N) is 1. The van der Waals surface area contributed by atoms with Gasteiger partial charge in [0.05, 0.1) is 0 Å². The van der Waals surface area contributed by atoms with Gasteiger partial charge in [-0.3, -0.25) is 9.59 Å². The van der Waals surface area contributed by atoms with Crippen molar-refractivity contribution in [1.82, 2.24) is 5.32 Å². The van der Waals surface area contributed by atoms with Gasteiger partial charge >= 0.3 is 0 Å². The smallest absolute Gasteiger partial charge is 0.257 e. The number of rotatable bonds is 8. The summed E-state index contributed by atoms with van der Waals surface area (Å²) in [4.78, 5) is 23.1. The van der Waals surface area contributed by atoms with Crippen molar-refractivity contribution in [3.8, 4) is 5.75 Å². The van der Waals surface area contributed by atoms with Gasteiger partial charge in [0.15, 0.2) is 6.61 Å². The van der Waals surface area contributed by atoms with Crippen molar-refractivity contribution >= 4 is 11.8 Å². The van der Waals surface area contributed by atoms with E-state index in [9.17, 15) is 9.59 Å². The van der Waals surface area contributed by atoms with Crippen LogP contribution in [0.3, 0.4) is 0 Å². The molecule has 3 N–H and O–H groups in total. The Balaban J connectivity index is 1.84. The third kappa shape index (κ3) is 5.64. The molecule has 1 atom stereocenters. The summed E-state index contributed by atoms with van der Waals surface area (Å²) in [6.07, 6.45) is 0. The molecule has 25 heavy (non-hydrogen) atoms. The van der Waals surface area contributed by atoms with Gasteiger partial charge in [-0.15, -0.1) is 0 Å². The first-order valence-electron chi connectivity index (χ1n) is 8.31. The topological polar surface area (TPSA) is 81.4 Å². The van der Waals surface area contributed by atoms with E-state index < -0.39 is 5.91 Å². The molecule has 132 valence electrons. The molecule has 0 bridgehead atoms. The van der Waals surface area contributed by atoms with Gasteiger partial charge in [0, 0.05) is 18.0 Å². The fraction of sp³-hybridized carbons (Fsp3) is 0.300. The molecular formula is C20H24N2O3. The van der Waals surface area contributed by atoms with Gasteiger partial charge in [-0.05, 0) is 35.7 Å². The highest BCUT2D eigenvalue weighted by Crippen LogP contribution is 2.23. The number of hydrogen-bond acceptors (Lipinski definition) is 3. The first-order chi connectivity index (χ1) is 12.0. The average Bonchev–Trinajstić information content (AvgIpc) is 2.61. The van der Waals surface area contributed by atoms with E-state index in [4.69, 9.17) is 10.5 Å². The van der Waals surface area contributed by atoms with Crippen LogP contribution < -0.4 is 15.8 Å². The minimum atomic E-state index is -0.495. The largest absolute Gasteiger partial charge is 0.484 e. The van der Waals surface area contributed by atoms with Crippen LogP contribution in [0.25, 0.3) is 0 Å². The summed E-state index contributed by atoms with van der Waals surface area (Å²) >= 11 is 0. The molecule has 2 aromatic carbocycles. The monoisotopic (exact) mass is 340 g/mol. The zero-order valence-corrected chi connectivity index (χ0v) is 14.6. The minimum absolute atomic E-state index is 0.0739. The van der Waals surface area contributed by atoms with Crippen LogP contribution in [0.2, 0.25) is 0 Å². The summed E-state index contributed by atoms with van der Waals surface area (Å²) in [7, 11) is 0. The Labute approximate surface area is 148 Å². The number of carbonyl (C=O) groups is 2. The zero-order valence-electron chi connectivity index (χ0n) is 14.6. The normalized spacial score (nSPS) is 11.8. The first kappa shape index (κ1) is 18.5. The Hall–Kier alpha value is -2.82. The summed E-state index contributed by atoms with van der Waals surface area (Å²) in [5.74, 6) is 0.499. The van der Waals surface area contributed by atoms with Crippen molar-refractivity contribution in [1.29, 1.82) is 0 Å². The fourth-order valence-electron chi connectivity index (χ4n) is 2.58. The Kier molecular flexibility index (Phi) is 6.57. The predicted molar refractivity (Wildman–Crippen MR) is 97.5 cm³/mol. The number of primary amides is 1. The lowest BCUT2D eigenvalue weighted by Crippen LogP contribution is -2.33. The van der Waals surface area contributed by atoms with Gasteiger partial charge < -0.3 is 15.8 Å². The van der Waals surface area contributed by atoms with Crippen LogP contribution in [0, 0.1) is 5.92 Å². The lowest BCUT2D eigenvalue weighted by molar-refractivity contribution is -0.123. The van der Waals surface area contributed by atoms with Crippen molar-refractivity contribution in [3.63, 3.8) is 0 Å². The van der Waals surface area contributed by atoms with Gasteiger partial charge in [0.25, 0.3) is 5.91 Å². The Morgan fingerprint density at radius 3 is 2.24 bits per heavy atom. The van der Waals surface area contributed by atoms with Gasteiger partial charge in [-0.25, -0.2) is 0 Å². The molecule has 0 aliphatic carbocycles. The second kappa shape index (κ2) is 8.87. The summed E-state index contributed by atoms with van der Waals surface area (Å²) in [5.41, 5.74) is 6.79. The van der Waals surface area contributed by atoms with Gasteiger partial charge in [-0.1, -0.05) is 44.2 Å². The highest BCUT2D eigenvalue weighted by Gasteiger charge is 2.16. The summed E-state index contributed by atoms with van der Waals surface area (Å²) < 4.78 is 5.44. The molecule has 0 spiro atoms. The van der Waals surface area contributed by atoms with Crippen LogP contribution in [0.15, 0.2) is 54.6 Å². The van der Waals surface area contributed by atoms with Crippen LogP contribution in [-0.2, 0) is 4.79 Å². The number of ether oxygens (including phenoxy) is 1. The molecule has 0 aliphatic rings. The molecule has 0 aromatic heterocycles. The molecule has 0 radical (unpaired) electrons. The van der Waals surface area contributed by atoms with E-state index >= 15 is 0 Å². The first-order valence-corrected chi connectivity index (χ1v) is 8.31. The third-order valence-electron chi connectivity index (χ3n) is 4.06.